The van der Waals surface area contributed by atoms with Crippen molar-refractivity contribution in [1.29, 1.82) is 0 Å². The summed E-state index contributed by atoms with van der Waals surface area (Å²) in [6.45, 7) is 6.76. The zero-order chi connectivity index (χ0) is 13.5. The molecule has 0 atom stereocenters. The Balaban J connectivity index is 2.31. The van der Waals surface area contributed by atoms with Gasteiger partial charge in [-0.3, -0.25) is 9.69 Å². The van der Waals surface area contributed by atoms with Crippen LogP contribution in [0.5, 0.6) is 0 Å². The number of piperidine rings is 1. The molecule has 5 heteroatoms. The molecule has 0 aromatic heterocycles. The van der Waals surface area contributed by atoms with E-state index < -0.39 is 0 Å². The van der Waals surface area contributed by atoms with Crippen LogP contribution in [0, 0.1) is 5.92 Å². The number of hydrogen-bond acceptors (Lipinski definition) is 3. The summed E-state index contributed by atoms with van der Waals surface area (Å²) in [6, 6.07) is 0.320. The third-order valence-electron chi connectivity index (χ3n) is 3.67. The lowest BCUT2D eigenvalue weighted by molar-refractivity contribution is -0.126. The molecule has 1 aliphatic heterocycles. The molecule has 1 saturated heterocycles. The molecule has 1 fully saturated rings. The van der Waals surface area contributed by atoms with E-state index in [2.05, 4.69) is 24.1 Å². The van der Waals surface area contributed by atoms with Crippen LogP contribution in [-0.2, 0) is 4.79 Å². The Morgan fingerprint density at radius 2 is 1.94 bits per heavy atom. The summed E-state index contributed by atoms with van der Waals surface area (Å²) in [5.74, 6) is 0.382. The highest BCUT2D eigenvalue weighted by atomic mass is 32.1. The van der Waals surface area contributed by atoms with Gasteiger partial charge >= 0.3 is 0 Å². The van der Waals surface area contributed by atoms with Gasteiger partial charge in [0, 0.05) is 31.6 Å². The van der Waals surface area contributed by atoms with E-state index in [1.54, 1.807) is 0 Å². The number of carbonyl (C=O) groups excluding carboxylic acids is 1. The predicted molar refractivity (Wildman–Crippen MR) is 78.5 cm³/mol. The number of hydrogen-bond donors (Lipinski definition) is 2. The second-order valence-corrected chi connectivity index (χ2v) is 5.56. The standard InChI is InChI=1S/C13H25N3OS/c1-3-10(4-2)13(17)15-11-5-7-16(8-6-11)9-12(14)18/h10-11H,3-9H2,1-2H3,(H2,14,18)(H,15,17). The van der Waals surface area contributed by atoms with Crippen molar-refractivity contribution >= 4 is 23.1 Å². The Hall–Kier alpha value is -0.680. The SMILES string of the molecule is CCC(CC)C(=O)NC1CCN(CC(N)=S)CC1. The molecule has 0 spiro atoms. The second-order valence-electron chi connectivity index (χ2n) is 5.04. The summed E-state index contributed by atoms with van der Waals surface area (Å²) >= 11 is 4.91. The van der Waals surface area contributed by atoms with Gasteiger partial charge in [-0.25, -0.2) is 0 Å². The Bertz CT molecular complexity index is 284. The second kappa shape index (κ2) is 7.69. The molecule has 0 saturated carbocycles. The molecule has 3 N–H and O–H groups in total. The van der Waals surface area contributed by atoms with E-state index >= 15 is 0 Å². The van der Waals surface area contributed by atoms with E-state index in [0.29, 0.717) is 17.6 Å². The van der Waals surface area contributed by atoms with Gasteiger partial charge in [0.15, 0.2) is 0 Å². The Labute approximate surface area is 115 Å². The van der Waals surface area contributed by atoms with E-state index in [1.165, 1.54) is 0 Å². The van der Waals surface area contributed by atoms with Crippen LogP contribution in [0.25, 0.3) is 0 Å². The summed E-state index contributed by atoms with van der Waals surface area (Å²) in [5.41, 5.74) is 5.53. The number of thiocarbonyl (C=S) groups is 1. The van der Waals surface area contributed by atoms with Crippen LogP contribution >= 0.6 is 12.2 Å². The molecule has 104 valence electrons. The number of likely N-dealkylation sites (tertiary alicyclic amines) is 1. The van der Waals surface area contributed by atoms with Gasteiger partial charge in [-0.15, -0.1) is 0 Å². The van der Waals surface area contributed by atoms with Gasteiger partial charge in [0.2, 0.25) is 5.91 Å². The average Bonchev–Trinajstić information content (AvgIpc) is 2.32. The Morgan fingerprint density at radius 3 is 2.39 bits per heavy atom. The zero-order valence-corrected chi connectivity index (χ0v) is 12.3. The summed E-state index contributed by atoms with van der Waals surface area (Å²) in [7, 11) is 0. The summed E-state index contributed by atoms with van der Waals surface area (Å²) in [5, 5.41) is 3.16. The highest BCUT2D eigenvalue weighted by molar-refractivity contribution is 7.80. The first-order valence-electron chi connectivity index (χ1n) is 6.87. The minimum atomic E-state index is 0.166. The van der Waals surface area contributed by atoms with Gasteiger partial charge in [0.05, 0.1) is 4.99 Å². The first kappa shape index (κ1) is 15.4. The molecule has 4 nitrogen and oxygen atoms in total. The lowest BCUT2D eigenvalue weighted by Crippen LogP contribution is -2.47. The van der Waals surface area contributed by atoms with Gasteiger partial charge in [-0.1, -0.05) is 26.1 Å². The van der Waals surface area contributed by atoms with Crippen molar-refractivity contribution in [3.8, 4) is 0 Å². The van der Waals surface area contributed by atoms with Crippen LogP contribution in [0.4, 0.5) is 0 Å². The highest BCUT2D eigenvalue weighted by Gasteiger charge is 2.23. The quantitative estimate of drug-likeness (QED) is 0.715. The molecule has 0 unspecified atom stereocenters. The number of rotatable bonds is 6. The first-order valence-corrected chi connectivity index (χ1v) is 7.28. The minimum Gasteiger partial charge on any atom is -0.392 e. The number of carbonyl (C=O) groups is 1. The first-order chi connectivity index (χ1) is 8.56. The molecule has 1 aliphatic rings. The number of amides is 1. The van der Waals surface area contributed by atoms with Gasteiger partial charge in [-0.2, -0.15) is 0 Å². The molecule has 0 aromatic carbocycles. The van der Waals surface area contributed by atoms with Gasteiger partial charge in [0.25, 0.3) is 0 Å². The molecular formula is C13H25N3OS. The summed E-state index contributed by atoms with van der Waals surface area (Å²) in [4.78, 5) is 14.8. The fourth-order valence-electron chi connectivity index (χ4n) is 2.43. The topological polar surface area (TPSA) is 58.4 Å². The molecule has 0 aliphatic carbocycles. The Kier molecular flexibility index (Phi) is 6.57. The van der Waals surface area contributed by atoms with Crippen molar-refractivity contribution in [2.45, 2.75) is 45.6 Å². The predicted octanol–water partition coefficient (Wildman–Crippen LogP) is 1.29. The number of nitrogens with one attached hydrogen (secondary N) is 1. The van der Waals surface area contributed by atoms with Gasteiger partial charge in [0.1, 0.15) is 0 Å². The van der Waals surface area contributed by atoms with Crippen molar-refractivity contribution in [2.24, 2.45) is 11.7 Å². The maximum Gasteiger partial charge on any atom is 0.223 e. The van der Waals surface area contributed by atoms with Crippen molar-refractivity contribution < 1.29 is 4.79 Å². The number of nitrogens with two attached hydrogens (primary N) is 1. The number of nitrogens with zero attached hydrogens (tertiary/aromatic N) is 1. The average molecular weight is 271 g/mol. The maximum atomic E-state index is 12.0. The zero-order valence-electron chi connectivity index (χ0n) is 11.4. The summed E-state index contributed by atoms with van der Waals surface area (Å²) in [6.07, 6.45) is 3.83. The highest BCUT2D eigenvalue weighted by Crippen LogP contribution is 2.13. The fraction of sp³-hybridized carbons (Fsp3) is 0.846. The van der Waals surface area contributed by atoms with Crippen LogP contribution in [0.15, 0.2) is 0 Å². The molecule has 18 heavy (non-hydrogen) atoms. The third kappa shape index (κ3) is 4.90. The van der Waals surface area contributed by atoms with Crippen molar-refractivity contribution in [2.75, 3.05) is 19.6 Å². The van der Waals surface area contributed by atoms with E-state index in [-0.39, 0.29) is 11.8 Å². The van der Waals surface area contributed by atoms with Gasteiger partial charge < -0.3 is 11.1 Å². The molecular weight excluding hydrogens is 246 g/mol. The Morgan fingerprint density at radius 1 is 1.39 bits per heavy atom. The van der Waals surface area contributed by atoms with Crippen LogP contribution in [-0.4, -0.2) is 41.5 Å². The van der Waals surface area contributed by atoms with E-state index in [4.69, 9.17) is 18.0 Å². The van der Waals surface area contributed by atoms with Crippen LogP contribution in [0.3, 0.4) is 0 Å². The van der Waals surface area contributed by atoms with Gasteiger partial charge in [-0.05, 0) is 25.7 Å². The summed E-state index contributed by atoms with van der Waals surface area (Å²) < 4.78 is 0. The van der Waals surface area contributed by atoms with Crippen LogP contribution in [0.1, 0.15) is 39.5 Å². The monoisotopic (exact) mass is 271 g/mol. The minimum absolute atomic E-state index is 0.166. The normalized spacial score (nSPS) is 17.9. The van der Waals surface area contributed by atoms with E-state index in [1.807, 2.05) is 0 Å². The molecule has 0 bridgehead atoms. The molecule has 0 aromatic rings. The van der Waals surface area contributed by atoms with E-state index in [9.17, 15) is 4.79 Å². The molecule has 1 rings (SSSR count). The van der Waals surface area contributed by atoms with Crippen molar-refractivity contribution in [3.05, 3.63) is 0 Å². The van der Waals surface area contributed by atoms with Crippen LogP contribution in [0.2, 0.25) is 0 Å². The lowest BCUT2D eigenvalue weighted by atomic mass is 10.00. The maximum absolute atomic E-state index is 12.0. The largest absolute Gasteiger partial charge is 0.392 e. The van der Waals surface area contributed by atoms with E-state index in [0.717, 1.165) is 38.8 Å². The smallest absolute Gasteiger partial charge is 0.223 e. The fourth-order valence-corrected chi connectivity index (χ4v) is 2.62. The molecule has 1 amide bonds. The van der Waals surface area contributed by atoms with Crippen molar-refractivity contribution in [1.82, 2.24) is 10.2 Å². The third-order valence-corrected chi connectivity index (χ3v) is 3.80. The van der Waals surface area contributed by atoms with Crippen molar-refractivity contribution in [3.63, 3.8) is 0 Å². The lowest BCUT2D eigenvalue weighted by Gasteiger charge is -2.32. The van der Waals surface area contributed by atoms with Crippen LogP contribution < -0.4 is 11.1 Å². The molecule has 1 heterocycles. The molecule has 0 radical (unpaired) electrons.